The van der Waals surface area contributed by atoms with E-state index in [0.29, 0.717) is 21.4 Å². The number of amides is 1. The summed E-state index contributed by atoms with van der Waals surface area (Å²) >= 11 is 11.8. The van der Waals surface area contributed by atoms with Crippen LogP contribution in [0, 0.1) is 0 Å². The molecule has 0 saturated heterocycles. The van der Waals surface area contributed by atoms with E-state index in [0.717, 1.165) is 5.69 Å². The van der Waals surface area contributed by atoms with Crippen molar-refractivity contribution < 1.29 is 4.79 Å². The van der Waals surface area contributed by atoms with Gasteiger partial charge >= 0.3 is 0 Å². The number of rotatable bonds is 3. The Morgan fingerprint density at radius 2 is 1.73 bits per heavy atom. The lowest BCUT2D eigenvalue weighted by atomic mass is 10.1. The molecule has 0 atom stereocenters. The van der Waals surface area contributed by atoms with Crippen molar-refractivity contribution in [3.63, 3.8) is 0 Å². The summed E-state index contributed by atoms with van der Waals surface area (Å²) in [5.74, 6) is -0.305. The molecule has 0 saturated carbocycles. The van der Waals surface area contributed by atoms with Gasteiger partial charge in [-0.25, -0.2) is 4.98 Å². The molecule has 0 aliphatic carbocycles. The highest BCUT2D eigenvalue weighted by atomic mass is 35.5. The first kappa shape index (κ1) is 16.6. The Balaban J connectivity index is 2.08. The zero-order chi connectivity index (χ0) is 16.3. The molecule has 0 aliphatic heterocycles. The number of carbonyl (C=O) groups excluding carboxylic acids is 1. The minimum Gasteiger partial charge on any atom is -0.379 e. The molecule has 116 valence electrons. The molecular weight excluding hydrogens is 321 g/mol. The minimum atomic E-state index is -0.305. The van der Waals surface area contributed by atoms with Gasteiger partial charge in [0.25, 0.3) is 5.91 Å². The summed E-state index contributed by atoms with van der Waals surface area (Å²) in [4.78, 5) is 16.3. The average Bonchev–Trinajstić information content (AvgIpc) is 2.42. The lowest BCUT2D eigenvalue weighted by molar-refractivity contribution is 0.102. The first-order valence-corrected chi connectivity index (χ1v) is 7.51. The molecular formula is C16H17Cl2N3O. The normalized spacial score (nSPS) is 11.1. The van der Waals surface area contributed by atoms with E-state index in [2.05, 4.69) is 36.4 Å². The van der Waals surface area contributed by atoms with Crippen molar-refractivity contribution >= 4 is 40.5 Å². The van der Waals surface area contributed by atoms with Crippen LogP contribution in [0.3, 0.4) is 0 Å². The maximum absolute atomic E-state index is 12.1. The number of pyridine rings is 1. The van der Waals surface area contributed by atoms with Crippen LogP contribution in [0.4, 0.5) is 11.4 Å². The van der Waals surface area contributed by atoms with Gasteiger partial charge in [0.15, 0.2) is 0 Å². The Kier molecular flexibility index (Phi) is 4.94. The SMILES string of the molecule is CC(C)(C)Nc1ccc(C(=O)Nc2ccc(Cl)c(Cl)c2)nc1. The fraction of sp³-hybridized carbons (Fsp3) is 0.250. The summed E-state index contributed by atoms with van der Waals surface area (Å²) in [5.41, 5.74) is 1.69. The molecule has 2 aromatic rings. The van der Waals surface area contributed by atoms with Gasteiger partial charge in [-0.3, -0.25) is 4.79 Å². The summed E-state index contributed by atoms with van der Waals surface area (Å²) in [7, 11) is 0. The van der Waals surface area contributed by atoms with E-state index in [9.17, 15) is 4.79 Å². The van der Waals surface area contributed by atoms with Gasteiger partial charge < -0.3 is 10.6 Å². The number of carbonyl (C=O) groups is 1. The van der Waals surface area contributed by atoms with E-state index in [1.165, 1.54) is 0 Å². The topological polar surface area (TPSA) is 54.0 Å². The van der Waals surface area contributed by atoms with Gasteiger partial charge in [-0.05, 0) is 51.1 Å². The Morgan fingerprint density at radius 1 is 1.05 bits per heavy atom. The average molecular weight is 338 g/mol. The lowest BCUT2D eigenvalue weighted by Gasteiger charge is -2.21. The number of benzene rings is 1. The third kappa shape index (κ3) is 4.61. The number of nitrogens with zero attached hydrogens (tertiary/aromatic N) is 1. The van der Waals surface area contributed by atoms with Gasteiger partial charge in [-0.1, -0.05) is 23.2 Å². The second kappa shape index (κ2) is 6.55. The number of nitrogens with one attached hydrogen (secondary N) is 2. The third-order valence-corrected chi connectivity index (χ3v) is 3.43. The number of anilines is 2. The first-order valence-electron chi connectivity index (χ1n) is 6.75. The van der Waals surface area contributed by atoms with Crippen LogP contribution in [0.5, 0.6) is 0 Å². The fourth-order valence-corrected chi connectivity index (χ4v) is 2.10. The molecule has 0 spiro atoms. The van der Waals surface area contributed by atoms with Crippen molar-refractivity contribution in [2.45, 2.75) is 26.3 Å². The fourth-order valence-electron chi connectivity index (χ4n) is 1.80. The molecule has 0 radical (unpaired) electrons. The van der Waals surface area contributed by atoms with Crippen LogP contribution in [0.2, 0.25) is 10.0 Å². The molecule has 2 N–H and O–H groups in total. The number of hydrogen-bond donors (Lipinski definition) is 2. The van der Waals surface area contributed by atoms with Gasteiger partial charge in [0.05, 0.1) is 21.9 Å². The van der Waals surface area contributed by atoms with E-state index < -0.39 is 0 Å². The molecule has 1 aromatic carbocycles. The molecule has 4 nitrogen and oxygen atoms in total. The molecule has 1 heterocycles. The van der Waals surface area contributed by atoms with E-state index in [1.807, 2.05) is 6.07 Å². The molecule has 2 rings (SSSR count). The third-order valence-electron chi connectivity index (χ3n) is 2.69. The predicted molar refractivity (Wildman–Crippen MR) is 92.0 cm³/mol. The lowest BCUT2D eigenvalue weighted by Crippen LogP contribution is -2.26. The van der Waals surface area contributed by atoms with E-state index in [4.69, 9.17) is 23.2 Å². The zero-order valence-corrected chi connectivity index (χ0v) is 14.1. The Morgan fingerprint density at radius 3 is 2.27 bits per heavy atom. The standard InChI is InChI=1S/C16H17Cl2N3O/c1-16(2,3)21-11-5-7-14(19-9-11)15(22)20-10-4-6-12(17)13(18)8-10/h4-9,21H,1-3H3,(H,20,22). The predicted octanol–water partition coefficient (Wildman–Crippen LogP) is 4.85. The molecule has 0 unspecified atom stereocenters. The van der Waals surface area contributed by atoms with Crippen LogP contribution in [0.15, 0.2) is 36.5 Å². The summed E-state index contributed by atoms with van der Waals surface area (Å²) in [5, 5.41) is 6.84. The highest BCUT2D eigenvalue weighted by Gasteiger charge is 2.12. The Bertz CT molecular complexity index is 679. The maximum atomic E-state index is 12.1. The molecule has 22 heavy (non-hydrogen) atoms. The summed E-state index contributed by atoms with van der Waals surface area (Å²) in [6.45, 7) is 6.16. The molecule has 0 bridgehead atoms. The Hall–Kier alpha value is -1.78. The van der Waals surface area contributed by atoms with Gasteiger partial charge in [-0.15, -0.1) is 0 Å². The van der Waals surface area contributed by atoms with Crippen molar-refractivity contribution in [1.29, 1.82) is 0 Å². The van der Waals surface area contributed by atoms with E-state index in [1.54, 1.807) is 30.5 Å². The summed E-state index contributed by atoms with van der Waals surface area (Å²) < 4.78 is 0. The highest BCUT2D eigenvalue weighted by molar-refractivity contribution is 6.42. The Labute approximate surface area is 139 Å². The van der Waals surface area contributed by atoms with Gasteiger partial charge in [0.2, 0.25) is 0 Å². The van der Waals surface area contributed by atoms with Crippen molar-refractivity contribution in [3.05, 3.63) is 52.3 Å². The minimum absolute atomic E-state index is 0.0640. The largest absolute Gasteiger partial charge is 0.379 e. The van der Waals surface area contributed by atoms with Crippen molar-refractivity contribution in [3.8, 4) is 0 Å². The monoisotopic (exact) mass is 337 g/mol. The van der Waals surface area contributed by atoms with Crippen LogP contribution in [-0.2, 0) is 0 Å². The smallest absolute Gasteiger partial charge is 0.274 e. The summed E-state index contributed by atoms with van der Waals surface area (Å²) in [6.07, 6.45) is 1.63. The van der Waals surface area contributed by atoms with Crippen molar-refractivity contribution in [2.24, 2.45) is 0 Å². The van der Waals surface area contributed by atoms with Crippen molar-refractivity contribution in [1.82, 2.24) is 4.98 Å². The van der Waals surface area contributed by atoms with Crippen LogP contribution >= 0.6 is 23.2 Å². The zero-order valence-electron chi connectivity index (χ0n) is 12.6. The number of hydrogen-bond acceptors (Lipinski definition) is 3. The van der Waals surface area contributed by atoms with E-state index in [-0.39, 0.29) is 11.4 Å². The highest BCUT2D eigenvalue weighted by Crippen LogP contribution is 2.25. The molecule has 0 aliphatic rings. The summed E-state index contributed by atoms with van der Waals surface area (Å²) in [6, 6.07) is 8.39. The number of aromatic nitrogens is 1. The van der Waals surface area contributed by atoms with Gasteiger partial charge in [-0.2, -0.15) is 0 Å². The second-order valence-corrected chi connectivity index (χ2v) is 6.70. The van der Waals surface area contributed by atoms with Crippen LogP contribution in [0.1, 0.15) is 31.3 Å². The molecule has 1 amide bonds. The van der Waals surface area contributed by atoms with E-state index >= 15 is 0 Å². The second-order valence-electron chi connectivity index (χ2n) is 5.89. The van der Waals surface area contributed by atoms with Crippen LogP contribution in [-0.4, -0.2) is 16.4 Å². The molecule has 6 heteroatoms. The van der Waals surface area contributed by atoms with Gasteiger partial charge in [0.1, 0.15) is 5.69 Å². The van der Waals surface area contributed by atoms with Crippen molar-refractivity contribution in [2.75, 3.05) is 10.6 Å². The maximum Gasteiger partial charge on any atom is 0.274 e. The quantitative estimate of drug-likeness (QED) is 0.841. The van der Waals surface area contributed by atoms with Crippen LogP contribution in [0.25, 0.3) is 0 Å². The molecule has 0 fully saturated rings. The first-order chi connectivity index (χ1) is 10.2. The number of halogens is 2. The van der Waals surface area contributed by atoms with Crippen LogP contribution < -0.4 is 10.6 Å². The van der Waals surface area contributed by atoms with Gasteiger partial charge in [0, 0.05) is 11.2 Å². The molecule has 1 aromatic heterocycles.